The maximum atomic E-state index is 13.2. The Balaban J connectivity index is 2.60. The quantitative estimate of drug-likeness (QED) is 0.654. The molecule has 0 unspecified atom stereocenters. The summed E-state index contributed by atoms with van der Waals surface area (Å²) in [5, 5.41) is 1.62. The average molecular weight is 283 g/mol. The topological polar surface area (TPSA) is 67.6 Å². The highest BCUT2D eigenvalue weighted by Crippen LogP contribution is 2.33. The van der Waals surface area contributed by atoms with Crippen LogP contribution in [-0.4, -0.2) is 31.7 Å². The highest BCUT2D eigenvalue weighted by molar-refractivity contribution is 5.96. The lowest BCUT2D eigenvalue weighted by atomic mass is 9.99. The Hall–Kier alpha value is -2.15. The first-order valence-electron chi connectivity index (χ1n) is 5.93. The molecule has 0 saturated carbocycles. The number of anilines is 1. The Morgan fingerprint density at radius 1 is 1.50 bits per heavy atom. The minimum Gasteiger partial charge on any atom is -0.465 e. The van der Waals surface area contributed by atoms with Crippen LogP contribution in [-0.2, 0) is 4.74 Å². The van der Waals surface area contributed by atoms with Crippen LogP contribution in [0.1, 0.15) is 27.9 Å². The fraction of sp³-hybridized carbons (Fsp3) is 0.308. The molecule has 1 heterocycles. The van der Waals surface area contributed by atoms with Crippen LogP contribution in [0.2, 0.25) is 0 Å². The van der Waals surface area contributed by atoms with Gasteiger partial charge < -0.3 is 15.5 Å². The summed E-state index contributed by atoms with van der Waals surface area (Å²) in [5.41, 5.74) is 9.30. The molecule has 0 saturated heterocycles. The number of nitrogen functional groups attached to an aromatic ring is 1. The second kappa shape index (κ2) is 5.46. The second-order valence-corrected chi connectivity index (χ2v) is 4.33. The van der Waals surface area contributed by atoms with Gasteiger partial charge in [0, 0.05) is 30.4 Å². The molecule has 3 N–H and O–H groups in total. The normalized spacial score (nSPS) is 14.7. The Labute approximate surface area is 115 Å². The van der Waals surface area contributed by atoms with Crippen molar-refractivity contribution < 1.29 is 18.3 Å². The lowest BCUT2D eigenvalue weighted by molar-refractivity contribution is 0.0601. The molecule has 108 valence electrons. The van der Waals surface area contributed by atoms with Crippen molar-refractivity contribution in [3.05, 3.63) is 34.9 Å². The lowest BCUT2D eigenvalue weighted by Gasteiger charge is -2.20. The third kappa shape index (κ3) is 2.44. The van der Waals surface area contributed by atoms with E-state index >= 15 is 0 Å². The predicted octanol–water partition coefficient (Wildman–Crippen LogP) is 1.78. The molecule has 0 spiro atoms. The van der Waals surface area contributed by atoms with E-state index in [0.717, 1.165) is 6.07 Å². The van der Waals surface area contributed by atoms with Crippen molar-refractivity contribution in [1.82, 2.24) is 10.4 Å². The van der Waals surface area contributed by atoms with Gasteiger partial charge in [0.1, 0.15) is 0 Å². The molecule has 0 bridgehead atoms. The Morgan fingerprint density at radius 2 is 2.20 bits per heavy atom. The molecule has 1 aliphatic rings. The number of nitrogens with zero attached hydrogens (tertiary/aromatic N) is 1. The summed E-state index contributed by atoms with van der Waals surface area (Å²) in [7, 11) is 2.92. The number of benzene rings is 1. The fourth-order valence-corrected chi connectivity index (χ4v) is 2.12. The van der Waals surface area contributed by atoms with E-state index in [4.69, 9.17) is 5.73 Å². The molecule has 20 heavy (non-hydrogen) atoms. The van der Waals surface area contributed by atoms with Gasteiger partial charge in [-0.3, -0.25) is 0 Å². The van der Waals surface area contributed by atoms with Gasteiger partial charge in [0.2, 0.25) is 0 Å². The maximum absolute atomic E-state index is 13.2. The minimum atomic E-state index is -2.69. The van der Waals surface area contributed by atoms with E-state index in [-0.39, 0.29) is 22.4 Å². The zero-order chi connectivity index (χ0) is 14.9. The van der Waals surface area contributed by atoms with E-state index in [0.29, 0.717) is 12.2 Å². The van der Waals surface area contributed by atoms with Gasteiger partial charge in [-0.25, -0.2) is 19.0 Å². The summed E-state index contributed by atoms with van der Waals surface area (Å²) in [5.74, 6) is -0.654. The van der Waals surface area contributed by atoms with Crippen LogP contribution < -0.4 is 11.2 Å². The van der Waals surface area contributed by atoms with Gasteiger partial charge in [-0.1, -0.05) is 0 Å². The van der Waals surface area contributed by atoms with E-state index < -0.39 is 12.4 Å². The summed E-state index contributed by atoms with van der Waals surface area (Å²) in [6.45, 7) is 0.534. The number of carbonyl (C=O) groups is 1. The number of nitrogens with two attached hydrogens (primary N) is 1. The molecule has 1 aliphatic heterocycles. The number of nitrogens with one attached hydrogen (secondary N) is 1. The van der Waals surface area contributed by atoms with E-state index in [1.165, 1.54) is 13.2 Å². The molecule has 0 amide bonds. The van der Waals surface area contributed by atoms with Gasteiger partial charge in [-0.2, -0.15) is 0 Å². The molecule has 1 aromatic carbocycles. The van der Waals surface area contributed by atoms with Crippen molar-refractivity contribution in [2.24, 2.45) is 0 Å². The molecule has 5 nitrogen and oxygen atoms in total. The average Bonchev–Trinajstić information content (AvgIpc) is 2.83. The number of hydrogen-bond donors (Lipinski definition) is 2. The number of ether oxygens (including phenoxy) is 1. The Bertz CT molecular complexity index is 573. The Kier molecular flexibility index (Phi) is 3.89. The molecule has 0 atom stereocenters. The van der Waals surface area contributed by atoms with Gasteiger partial charge in [-0.05, 0) is 18.2 Å². The van der Waals surface area contributed by atoms with Crippen molar-refractivity contribution in [1.29, 1.82) is 0 Å². The number of alkyl halides is 2. The monoisotopic (exact) mass is 283 g/mol. The first-order valence-corrected chi connectivity index (χ1v) is 5.93. The number of methoxy groups -OCH3 is 1. The van der Waals surface area contributed by atoms with Gasteiger partial charge in [0.25, 0.3) is 6.43 Å². The highest BCUT2D eigenvalue weighted by Gasteiger charge is 2.24. The lowest BCUT2D eigenvalue weighted by Crippen LogP contribution is -2.27. The van der Waals surface area contributed by atoms with Crippen molar-refractivity contribution in [3.63, 3.8) is 0 Å². The number of hydrazine groups is 1. The van der Waals surface area contributed by atoms with Crippen LogP contribution in [0, 0.1) is 0 Å². The molecular weight excluding hydrogens is 268 g/mol. The van der Waals surface area contributed by atoms with E-state index in [2.05, 4.69) is 10.2 Å². The van der Waals surface area contributed by atoms with E-state index in [1.807, 2.05) is 0 Å². The maximum Gasteiger partial charge on any atom is 0.339 e. The first kappa shape index (κ1) is 14.3. The minimum absolute atomic E-state index is 0.0230. The molecule has 7 heteroatoms. The van der Waals surface area contributed by atoms with Crippen LogP contribution in [0.4, 0.5) is 14.5 Å². The van der Waals surface area contributed by atoms with Gasteiger partial charge >= 0.3 is 5.97 Å². The molecule has 1 aromatic rings. The standard InChI is InChI=1S/C13H15F2N3O2/c1-18-11(3-4-17-18)7-5-9(13(19)20-2)10(16)6-8(7)12(14)15/h3,5-6,12,17H,4,16H2,1-2H3. The van der Waals surface area contributed by atoms with Crippen LogP contribution in [0.15, 0.2) is 18.2 Å². The largest absolute Gasteiger partial charge is 0.465 e. The summed E-state index contributed by atoms with van der Waals surface area (Å²) in [4.78, 5) is 11.6. The molecule has 0 aliphatic carbocycles. The number of carbonyl (C=O) groups excluding carboxylic acids is 1. The number of esters is 1. The van der Waals surface area contributed by atoms with E-state index in [1.54, 1.807) is 18.1 Å². The van der Waals surface area contributed by atoms with Crippen molar-refractivity contribution in [2.45, 2.75) is 6.43 Å². The SMILES string of the molecule is COC(=O)c1cc(C2=CCNN2C)c(C(F)F)cc1N. The Morgan fingerprint density at radius 3 is 2.70 bits per heavy atom. The number of hydrogen-bond acceptors (Lipinski definition) is 5. The van der Waals surface area contributed by atoms with Crippen molar-refractivity contribution in [2.75, 3.05) is 26.4 Å². The smallest absolute Gasteiger partial charge is 0.339 e. The van der Waals surface area contributed by atoms with Gasteiger partial charge in [0.15, 0.2) is 0 Å². The predicted molar refractivity (Wildman–Crippen MR) is 70.9 cm³/mol. The molecule has 0 fully saturated rings. The van der Waals surface area contributed by atoms with Crippen LogP contribution in [0.5, 0.6) is 0 Å². The zero-order valence-electron chi connectivity index (χ0n) is 11.1. The zero-order valence-corrected chi connectivity index (χ0v) is 11.1. The fourth-order valence-electron chi connectivity index (χ4n) is 2.12. The number of halogens is 2. The molecule has 0 radical (unpaired) electrons. The molecule has 0 aromatic heterocycles. The van der Waals surface area contributed by atoms with E-state index in [9.17, 15) is 13.6 Å². The first-order chi connectivity index (χ1) is 9.45. The van der Waals surface area contributed by atoms with Crippen LogP contribution >= 0.6 is 0 Å². The van der Waals surface area contributed by atoms with Crippen LogP contribution in [0.3, 0.4) is 0 Å². The second-order valence-electron chi connectivity index (χ2n) is 4.33. The third-order valence-electron chi connectivity index (χ3n) is 3.12. The summed E-state index contributed by atoms with van der Waals surface area (Å²) >= 11 is 0. The van der Waals surface area contributed by atoms with Crippen molar-refractivity contribution >= 4 is 17.4 Å². The third-order valence-corrected chi connectivity index (χ3v) is 3.12. The summed E-state index contributed by atoms with van der Waals surface area (Å²) in [6.07, 6.45) is -0.924. The molecule has 2 rings (SSSR count). The number of rotatable bonds is 3. The molecular formula is C13H15F2N3O2. The van der Waals surface area contributed by atoms with Gasteiger partial charge in [0.05, 0.1) is 18.4 Å². The van der Waals surface area contributed by atoms with Gasteiger partial charge in [-0.15, -0.1) is 0 Å². The summed E-state index contributed by atoms with van der Waals surface area (Å²) < 4.78 is 30.9. The summed E-state index contributed by atoms with van der Waals surface area (Å²) in [6, 6.07) is 2.47. The van der Waals surface area contributed by atoms with Crippen LogP contribution in [0.25, 0.3) is 5.70 Å². The highest BCUT2D eigenvalue weighted by atomic mass is 19.3. The van der Waals surface area contributed by atoms with Crippen molar-refractivity contribution in [3.8, 4) is 0 Å².